The summed E-state index contributed by atoms with van der Waals surface area (Å²) in [5.41, 5.74) is 0.374. The first-order valence-electron chi connectivity index (χ1n) is 5.82. The fourth-order valence-electron chi connectivity index (χ4n) is 1.68. The van der Waals surface area contributed by atoms with E-state index in [1.54, 1.807) is 30.3 Å². The number of carboxylic acid groups (broad SMARTS) is 1. The number of carbonyl (C=O) groups is 2. The van der Waals surface area contributed by atoms with E-state index in [1.165, 1.54) is 0 Å². The summed E-state index contributed by atoms with van der Waals surface area (Å²) in [4.78, 5) is 32.8. The number of amides is 1. The molecule has 1 heterocycles. The van der Waals surface area contributed by atoms with E-state index in [0.29, 0.717) is 5.56 Å². The third-order valence-corrected chi connectivity index (χ3v) is 2.65. The molecule has 0 spiro atoms. The lowest BCUT2D eigenvalue weighted by atomic mass is 10.1. The molecule has 1 aromatic carbocycles. The molecule has 8 heteroatoms. The molecule has 2 aromatic rings. The van der Waals surface area contributed by atoms with Crippen molar-refractivity contribution in [2.24, 2.45) is 0 Å². The van der Waals surface area contributed by atoms with E-state index in [-0.39, 0.29) is 5.76 Å². The van der Waals surface area contributed by atoms with E-state index >= 15 is 0 Å². The second-order valence-corrected chi connectivity index (χ2v) is 4.05. The van der Waals surface area contributed by atoms with E-state index in [4.69, 9.17) is 9.52 Å². The van der Waals surface area contributed by atoms with E-state index < -0.39 is 28.7 Å². The maximum Gasteiger partial charge on any atom is 0.433 e. The zero-order valence-electron chi connectivity index (χ0n) is 10.6. The van der Waals surface area contributed by atoms with Gasteiger partial charge in [-0.2, -0.15) is 0 Å². The lowest BCUT2D eigenvalue weighted by Crippen LogP contribution is -2.33. The van der Waals surface area contributed by atoms with Gasteiger partial charge in [-0.3, -0.25) is 14.9 Å². The average Bonchev–Trinajstić information content (AvgIpc) is 2.95. The van der Waals surface area contributed by atoms with Gasteiger partial charge in [-0.05, 0) is 11.6 Å². The van der Waals surface area contributed by atoms with Crippen LogP contribution in [0.15, 0.2) is 46.9 Å². The zero-order chi connectivity index (χ0) is 15.4. The number of benzene rings is 1. The summed E-state index contributed by atoms with van der Waals surface area (Å²) in [6.07, 6.45) is 0. The van der Waals surface area contributed by atoms with Gasteiger partial charge in [-0.15, -0.1) is 0 Å². The third-order valence-electron chi connectivity index (χ3n) is 2.65. The Balaban J connectivity index is 2.19. The molecule has 21 heavy (non-hydrogen) atoms. The molecule has 0 aliphatic carbocycles. The first kappa shape index (κ1) is 14.3. The number of nitrogens with zero attached hydrogens (tertiary/aromatic N) is 1. The summed E-state index contributed by atoms with van der Waals surface area (Å²) in [6.45, 7) is 0. The fraction of sp³-hybridized carbons (Fsp3) is 0.0769. The van der Waals surface area contributed by atoms with Gasteiger partial charge in [0.25, 0.3) is 5.91 Å². The predicted molar refractivity (Wildman–Crippen MR) is 69.6 cm³/mol. The number of carbonyl (C=O) groups excluding carboxylic acids is 1. The Labute approximate surface area is 118 Å². The van der Waals surface area contributed by atoms with Crippen molar-refractivity contribution in [2.75, 3.05) is 0 Å². The molecule has 1 aromatic heterocycles. The SMILES string of the molecule is O=C(NC(C(=O)O)c1ccccc1)c1ccc([N+](=O)[O-])o1. The van der Waals surface area contributed by atoms with Gasteiger partial charge in [-0.25, -0.2) is 4.79 Å². The smallest absolute Gasteiger partial charge is 0.433 e. The van der Waals surface area contributed by atoms with Crippen molar-refractivity contribution < 1.29 is 24.0 Å². The molecule has 0 aliphatic rings. The van der Waals surface area contributed by atoms with Crippen LogP contribution < -0.4 is 5.32 Å². The van der Waals surface area contributed by atoms with Crippen molar-refractivity contribution in [3.8, 4) is 0 Å². The Morgan fingerprint density at radius 1 is 1.19 bits per heavy atom. The van der Waals surface area contributed by atoms with Gasteiger partial charge in [-0.1, -0.05) is 30.3 Å². The summed E-state index contributed by atoms with van der Waals surface area (Å²) in [5.74, 6) is -3.02. The molecular weight excluding hydrogens is 280 g/mol. The molecule has 8 nitrogen and oxygen atoms in total. The Morgan fingerprint density at radius 3 is 2.38 bits per heavy atom. The molecular formula is C13H10N2O6. The summed E-state index contributed by atoms with van der Waals surface area (Å²) < 4.78 is 4.72. The van der Waals surface area contributed by atoms with Crippen LogP contribution in [0.1, 0.15) is 22.2 Å². The number of nitro groups is 1. The van der Waals surface area contributed by atoms with Gasteiger partial charge in [0, 0.05) is 0 Å². The molecule has 0 fully saturated rings. The van der Waals surface area contributed by atoms with Crippen molar-refractivity contribution in [3.63, 3.8) is 0 Å². The third kappa shape index (κ3) is 3.24. The summed E-state index contributed by atoms with van der Waals surface area (Å²) in [7, 11) is 0. The minimum atomic E-state index is -1.28. The molecule has 2 N–H and O–H groups in total. The number of hydrogen-bond donors (Lipinski definition) is 2. The van der Waals surface area contributed by atoms with Gasteiger partial charge in [0.05, 0.1) is 6.07 Å². The molecule has 0 saturated carbocycles. The van der Waals surface area contributed by atoms with Crippen LogP contribution in [0.2, 0.25) is 0 Å². The minimum Gasteiger partial charge on any atom is -0.479 e. The number of carboxylic acids is 1. The van der Waals surface area contributed by atoms with Crippen LogP contribution >= 0.6 is 0 Å². The number of hydrogen-bond acceptors (Lipinski definition) is 5. The van der Waals surface area contributed by atoms with Crippen LogP contribution in [-0.2, 0) is 4.79 Å². The highest BCUT2D eigenvalue weighted by Crippen LogP contribution is 2.18. The maximum absolute atomic E-state index is 11.9. The summed E-state index contributed by atoms with van der Waals surface area (Å²) in [5, 5.41) is 21.9. The van der Waals surface area contributed by atoms with Crippen molar-refractivity contribution in [3.05, 3.63) is 63.9 Å². The second-order valence-electron chi connectivity index (χ2n) is 4.05. The first-order valence-corrected chi connectivity index (χ1v) is 5.82. The molecule has 1 amide bonds. The maximum atomic E-state index is 11.9. The van der Waals surface area contributed by atoms with Crippen molar-refractivity contribution in [2.45, 2.75) is 6.04 Å². The van der Waals surface area contributed by atoms with E-state index in [1.807, 2.05) is 0 Å². The quantitative estimate of drug-likeness (QED) is 0.638. The standard InChI is InChI=1S/C13H10N2O6/c16-12(9-6-7-10(21-9)15(19)20)14-11(13(17)18)8-4-2-1-3-5-8/h1-7,11H,(H,14,16)(H,17,18). The highest BCUT2D eigenvalue weighted by Gasteiger charge is 2.25. The number of furan rings is 1. The zero-order valence-corrected chi connectivity index (χ0v) is 10.6. The first-order chi connectivity index (χ1) is 9.99. The average molecular weight is 290 g/mol. The molecule has 1 atom stereocenters. The molecule has 1 unspecified atom stereocenters. The molecule has 2 rings (SSSR count). The lowest BCUT2D eigenvalue weighted by Gasteiger charge is -2.13. The molecule has 0 radical (unpaired) electrons. The van der Waals surface area contributed by atoms with Gasteiger partial charge in [0.1, 0.15) is 4.92 Å². The largest absolute Gasteiger partial charge is 0.479 e. The van der Waals surface area contributed by atoms with Gasteiger partial charge < -0.3 is 14.8 Å². The van der Waals surface area contributed by atoms with Crippen molar-refractivity contribution in [1.29, 1.82) is 0 Å². The Hall–Kier alpha value is -3.16. The number of rotatable bonds is 5. The van der Waals surface area contributed by atoms with Crippen LogP contribution in [0, 0.1) is 10.1 Å². The van der Waals surface area contributed by atoms with Gasteiger partial charge in [0.15, 0.2) is 11.8 Å². The Morgan fingerprint density at radius 2 is 1.86 bits per heavy atom. The summed E-state index contributed by atoms with van der Waals surface area (Å²) >= 11 is 0. The molecule has 0 bridgehead atoms. The molecule has 108 valence electrons. The van der Waals surface area contributed by atoms with Crippen LogP contribution in [-0.4, -0.2) is 21.9 Å². The van der Waals surface area contributed by atoms with Crippen LogP contribution in [0.4, 0.5) is 5.88 Å². The Kier molecular flexibility index (Phi) is 3.98. The van der Waals surface area contributed by atoms with Gasteiger partial charge in [0.2, 0.25) is 0 Å². The fourth-order valence-corrected chi connectivity index (χ4v) is 1.68. The summed E-state index contributed by atoms with van der Waals surface area (Å²) in [6, 6.07) is 8.92. The van der Waals surface area contributed by atoms with E-state index in [9.17, 15) is 19.7 Å². The normalized spacial score (nSPS) is 11.6. The van der Waals surface area contributed by atoms with Crippen LogP contribution in [0.5, 0.6) is 0 Å². The monoisotopic (exact) mass is 290 g/mol. The topological polar surface area (TPSA) is 123 Å². The molecule has 0 saturated heterocycles. The van der Waals surface area contributed by atoms with E-state index in [2.05, 4.69) is 5.32 Å². The predicted octanol–water partition coefficient (Wildman–Crippen LogP) is 1.74. The van der Waals surface area contributed by atoms with Crippen LogP contribution in [0.3, 0.4) is 0 Å². The highest BCUT2D eigenvalue weighted by atomic mass is 16.6. The van der Waals surface area contributed by atoms with E-state index in [0.717, 1.165) is 12.1 Å². The van der Waals surface area contributed by atoms with Gasteiger partial charge >= 0.3 is 11.9 Å². The Bertz CT molecular complexity index is 679. The second kappa shape index (κ2) is 5.87. The van der Waals surface area contributed by atoms with Crippen molar-refractivity contribution >= 4 is 17.8 Å². The number of aliphatic carboxylic acids is 1. The minimum absolute atomic E-state index is 0.330. The number of nitrogens with one attached hydrogen (secondary N) is 1. The molecule has 0 aliphatic heterocycles. The lowest BCUT2D eigenvalue weighted by molar-refractivity contribution is -0.402. The van der Waals surface area contributed by atoms with Crippen molar-refractivity contribution in [1.82, 2.24) is 5.32 Å². The van der Waals surface area contributed by atoms with Crippen LogP contribution in [0.25, 0.3) is 0 Å². The highest BCUT2D eigenvalue weighted by molar-refractivity contribution is 5.94.